The second-order valence-electron chi connectivity index (χ2n) is 3.94. The van der Waals surface area contributed by atoms with Gasteiger partial charge in [0.1, 0.15) is 5.69 Å². The van der Waals surface area contributed by atoms with Crippen LogP contribution in [0.5, 0.6) is 0 Å². The predicted molar refractivity (Wildman–Crippen MR) is 70.9 cm³/mol. The molecule has 0 bridgehead atoms. The molecule has 0 fully saturated rings. The van der Waals surface area contributed by atoms with E-state index < -0.39 is 0 Å². The number of nitrogens with zero attached hydrogens (tertiary/aromatic N) is 3. The fourth-order valence-corrected chi connectivity index (χ4v) is 2.48. The van der Waals surface area contributed by atoms with E-state index in [1.165, 1.54) is 5.56 Å². The van der Waals surface area contributed by atoms with E-state index in [4.69, 9.17) is 0 Å². The molecule has 0 amide bonds. The molecule has 3 aromatic heterocycles. The van der Waals surface area contributed by atoms with Crippen LogP contribution in [0.1, 0.15) is 5.56 Å². The molecule has 0 aromatic carbocycles. The lowest BCUT2D eigenvalue weighted by Gasteiger charge is -1.97. The van der Waals surface area contributed by atoms with Crippen LogP contribution in [0, 0.1) is 6.92 Å². The zero-order valence-corrected chi connectivity index (χ0v) is 10.8. The Bertz CT molecular complexity index is 674. The van der Waals surface area contributed by atoms with Gasteiger partial charge in [-0.05, 0) is 46.6 Å². The van der Waals surface area contributed by atoms with Crippen LogP contribution < -0.4 is 0 Å². The molecule has 0 unspecified atom stereocenters. The third-order valence-electron chi connectivity index (χ3n) is 2.57. The summed E-state index contributed by atoms with van der Waals surface area (Å²) in [7, 11) is 0. The molecule has 84 valence electrons. The van der Waals surface area contributed by atoms with Crippen molar-refractivity contribution >= 4 is 21.6 Å². The molecule has 0 radical (unpaired) electrons. The van der Waals surface area contributed by atoms with Gasteiger partial charge in [-0.25, -0.2) is 4.98 Å². The smallest absolute Gasteiger partial charge is 0.151 e. The summed E-state index contributed by atoms with van der Waals surface area (Å²) in [5.74, 6) is 0. The molecule has 3 nitrogen and oxygen atoms in total. The lowest BCUT2D eigenvalue weighted by atomic mass is 10.3. The summed E-state index contributed by atoms with van der Waals surface area (Å²) in [5, 5.41) is 0. The Morgan fingerprint density at radius 2 is 2.06 bits per heavy atom. The molecule has 0 saturated carbocycles. The van der Waals surface area contributed by atoms with Gasteiger partial charge >= 0.3 is 0 Å². The van der Waals surface area contributed by atoms with E-state index in [1.54, 1.807) is 6.20 Å². The Kier molecular flexibility index (Phi) is 2.44. The Morgan fingerprint density at radius 3 is 2.82 bits per heavy atom. The van der Waals surface area contributed by atoms with Gasteiger partial charge in [0.05, 0.1) is 10.2 Å². The topological polar surface area (TPSA) is 30.2 Å². The number of halogens is 1. The molecule has 3 rings (SSSR count). The second-order valence-corrected chi connectivity index (χ2v) is 4.79. The summed E-state index contributed by atoms with van der Waals surface area (Å²) < 4.78 is 3.02. The molecule has 0 aliphatic carbocycles. The fraction of sp³-hybridized carbons (Fsp3) is 0.0769. The number of imidazole rings is 1. The van der Waals surface area contributed by atoms with E-state index in [0.717, 1.165) is 21.5 Å². The zero-order valence-electron chi connectivity index (χ0n) is 9.26. The third kappa shape index (κ3) is 1.85. The Balaban J connectivity index is 2.24. The zero-order chi connectivity index (χ0) is 11.8. The lowest BCUT2D eigenvalue weighted by Crippen LogP contribution is -1.85. The summed E-state index contributed by atoms with van der Waals surface area (Å²) >= 11 is 3.53. The highest BCUT2D eigenvalue weighted by Crippen LogP contribution is 2.23. The van der Waals surface area contributed by atoms with Gasteiger partial charge in [0.2, 0.25) is 0 Å². The van der Waals surface area contributed by atoms with Crippen LogP contribution in [0.2, 0.25) is 0 Å². The number of pyridine rings is 2. The first-order valence-electron chi connectivity index (χ1n) is 5.30. The first-order valence-corrected chi connectivity index (χ1v) is 6.09. The molecule has 4 heteroatoms. The number of hydrogen-bond donors (Lipinski definition) is 0. The van der Waals surface area contributed by atoms with Gasteiger partial charge in [-0.1, -0.05) is 6.07 Å². The van der Waals surface area contributed by atoms with Gasteiger partial charge in [0.15, 0.2) is 5.65 Å². The van der Waals surface area contributed by atoms with Crippen LogP contribution in [0.3, 0.4) is 0 Å². The Hall–Kier alpha value is -1.68. The molecule has 0 spiro atoms. The monoisotopic (exact) mass is 287 g/mol. The summed E-state index contributed by atoms with van der Waals surface area (Å²) in [6.07, 6.45) is 5.83. The molecule has 0 atom stereocenters. The highest BCUT2D eigenvalue weighted by molar-refractivity contribution is 9.10. The first-order chi connectivity index (χ1) is 8.24. The van der Waals surface area contributed by atoms with E-state index in [-0.39, 0.29) is 0 Å². The molecule has 0 N–H and O–H groups in total. The van der Waals surface area contributed by atoms with Crippen molar-refractivity contribution in [3.8, 4) is 11.4 Å². The molecular formula is C13H10BrN3. The fourth-order valence-electron chi connectivity index (χ4n) is 1.83. The van der Waals surface area contributed by atoms with Gasteiger partial charge in [0.25, 0.3) is 0 Å². The number of aromatic nitrogens is 3. The minimum absolute atomic E-state index is 0.886. The van der Waals surface area contributed by atoms with E-state index in [9.17, 15) is 0 Å². The van der Waals surface area contributed by atoms with Crippen molar-refractivity contribution in [2.24, 2.45) is 0 Å². The maximum atomic E-state index is 4.58. The summed E-state index contributed by atoms with van der Waals surface area (Å²) in [6.45, 7) is 2.06. The lowest BCUT2D eigenvalue weighted by molar-refractivity contribution is 1.15. The van der Waals surface area contributed by atoms with Crippen LogP contribution >= 0.6 is 15.9 Å². The molecule has 0 aliphatic heterocycles. The van der Waals surface area contributed by atoms with Crippen molar-refractivity contribution in [3.05, 3.63) is 52.9 Å². The van der Waals surface area contributed by atoms with Crippen LogP contribution in [0.4, 0.5) is 0 Å². The van der Waals surface area contributed by atoms with Gasteiger partial charge in [-0.15, -0.1) is 0 Å². The quantitative estimate of drug-likeness (QED) is 0.686. The van der Waals surface area contributed by atoms with Gasteiger partial charge in [-0.3, -0.25) is 4.98 Å². The highest BCUT2D eigenvalue weighted by atomic mass is 79.9. The van der Waals surface area contributed by atoms with Gasteiger partial charge in [-0.2, -0.15) is 0 Å². The number of rotatable bonds is 1. The average Bonchev–Trinajstić information content (AvgIpc) is 2.74. The van der Waals surface area contributed by atoms with Crippen LogP contribution in [0.25, 0.3) is 17.0 Å². The van der Waals surface area contributed by atoms with Crippen LogP contribution in [0.15, 0.2) is 47.3 Å². The van der Waals surface area contributed by atoms with Crippen LogP contribution in [-0.2, 0) is 0 Å². The van der Waals surface area contributed by atoms with Crippen molar-refractivity contribution in [1.29, 1.82) is 0 Å². The van der Waals surface area contributed by atoms with Crippen molar-refractivity contribution in [1.82, 2.24) is 14.4 Å². The molecule has 3 aromatic rings. The second kappa shape index (κ2) is 3.96. The maximum absolute atomic E-state index is 4.58. The summed E-state index contributed by atoms with van der Waals surface area (Å²) in [4.78, 5) is 8.88. The Labute approximate surface area is 107 Å². The number of hydrogen-bond acceptors (Lipinski definition) is 2. The molecular weight excluding hydrogens is 278 g/mol. The Morgan fingerprint density at radius 1 is 1.18 bits per heavy atom. The molecule has 3 heterocycles. The van der Waals surface area contributed by atoms with Crippen molar-refractivity contribution in [2.75, 3.05) is 0 Å². The van der Waals surface area contributed by atoms with E-state index in [2.05, 4.69) is 45.1 Å². The number of aryl methyl sites for hydroxylation is 1. The van der Waals surface area contributed by atoms with E-state index in [1.807, 2.05) is 28.8 Å². The molecule has 0 saturated heterocycles. The standard InChI is InChI=1S/C13H10BrN3/c1-9-6-10(14)13-16-12(8-17(13)7-9)11-4-2-3-5-15-11/h2-8H,1H3. The summed E-state index contributed by atoms with van der Waals surface area (Å²) in [6, 6.07) is 7.89. The van der Waals surface area contributed by atoms with Crippen LogP contribution in [-0.4, -0.2) is 14.4 Å². The van der Waals surface area contributed by atoms with Crippen molar-refractivity contribution in [2.45, 2.75) is 6.92 Å². The first kappa shape index (κ1) is 10.5. The SMILES string of the molecule is Cc1cc(Br)c2nc(-c3ccccn3)cn2c1. The van der Waals surface area contributed by atoms with E-state index >= 15 is 0 Å². The molecule has 0 aliphatic rings. The van der Waals surface area contributed by atoms with E-state index in [0.29, 0.717) is 0 Å². The maximum Gasteiger partial charge on any atom is 0.151 e. The van der Waals surface area contributed by atoms with Gasteiger partial charge in [0, 0.05) is 18.6 Å². The number of fused-ring (bicyclic) bond motifs is 1. The normalized spacial score (nSPS) is 10.9. The van der Waals surface area contributed by atoms with Crippen molar-refractivity contribution in [3.63, 3.8) is 0 Å². The predicted octanol–water partition coefficient (Wildman–Crippen LogP) is 3.47. The minimum Gasteiger partial charge on any atom is -0.305 e. The third-order valence-corrected chi connectivity index (χ3v) is 3.15. The minimum atomic E-state index is 0.886. The molecule has 17 heavy (non-hydrogen) atoms. The summed E-state index contributed by atoms with van der Waals surface area (Å²) in [5.41, 5.74) is 3.88. The van der Waals surface area contributed by atoms with Gasteiger partial charge < -0.3 is 4.40 Å². The van der Waals surface area contributed by atoms with Crippen molar-refractivity contribution < 1.29 is 0 Å². The highest BCUT2D eigenvalue weighted by Gasteiger charge is 2.07. The largest absolute Gasteiger partial charge is 0.305 e. The average molecular weight is 288 g/mol.